The predicted octanol–water partition coefficient (Wildman–Crippen LogP) is 4.55. The second-order valence-corrected chi connectivity index (χ2v) is 6.30. The van der Waals surface area contributed by atoms with Gasteiger partial charge in [0.2, 0.25) is 0 Å². The minimum atomic E-state index is -0.316. The van der Waals surface area contributed by atoms with Crippen molar-refractivity contribution in [1.82, 2.24) is 15.5 Å². The van der Waals surface area contributed by atoms with Gasteiger partial charge < -0.3 is 10.6 Å². The summed E-state index contributed by atoms with van der Waals surface area (Å²) in [5.41, 5.74) is 2.56. The van der Waals surface area contributed by atoms with Gasteiger partial charge in [-0.15, -0.1) is 10.2 Å². The van der Waals surface area contributed by atoms with Crippen molar-refractivity contribution in [3.8, 4) is 11.3 Å². The fraction of sp³-hybridized carbons (Fsp3) is 0.190. The number of halogens is 1. The van der Waals surface area contributed by atoms with E-state index in [2.05, 4.69) is 20.8 Å². The largest absolute Gasteiger partial charge is 0.350 e. The summed E-state index contributed by atoms with van der Waals surface area (Å²) in [6, 6.07) is 17.0. The molecule has 0 bridgehead atoms. The molecule has 6 heteroatoms. The van der Waals surface area contributed by atoms with E-state index in [0.29, 0.717) is 22.6 Å². The first-order valence-electron chi connectivity index (χ1n) is 8.83. The molecule has 1 amide bonds. The SMILES string of the molecule is CCC(C)NC(=O)c1cccc(Nc2ccc(-c3cccc(F)c3)nn2)c1. The van der Waals surface area contributed by atoms with Crippen molar-refractivity contribution < 1.29 is 9.18 Å². The lowest BCUT2D eigenvalue weighted by Crippen LogP contribution is -2.31. The lowest BCUT2D eigenvalue weighted by molar-refractivity contribution is 0.0939. The molecule has 1 atom stereocenters. The first-order chi connectivity index (χ1) is 13.0. The number of carbonyl (C=O) groups excluding carboxylic acids is 1. The van der Waals surface area contributed by atoms with Crippen LogP contribution >= 0.6 is 0 Å². The molecule has 1 unspecified atom stereocenters. The summed E-state index contributed by atoms with van der Waals surface area (Å²) in [5.74, 6) is 0.110. The molecule has 1 aromatic heterocycles. The highest BCUT2D eigenvalue weighted by atomic mass is 19.1. The van der Waals surface area contributed by atoms with Crippen molar-refractivity contribution in [1.29, 1.82) is 0 Å². The van der Waals surface area contributed by atoms with Crippen LogP contribution < -0.4 is 10.6 Å². The van der Waals surface area contributed by atoms with Crippen LogP contribution in [-0.2, 0) is 0 Å². The fourth-order valence-corrected chi connectivity index (χ4v) is 2.50. The third kappa shape index (κ3) is 4.88. The van der Waals surface area contributed by atoms with Crippen LogP contribution in [0.1, 0.15) is 30.6 Å². The number of benzene rings is 2. The average molecular weight is 364 g/mol. The van der Waals surface area contributed by atoms with Gasteiger partial charge in [-0.25, -0.2) is 4.39 Å². The Kier molecular flexibility index (Phi) is 5.76. The normalized spacial score (nSPS) is 11.7. The Balaban J connectivity index is 1.72. The van der Waals surface area contributed by atoms with Crippen molar-refractivity contribution in [2.24, 2.45) is 0 Å². The van der Waals surface area contributed by atoms with Gasteiger partial charge >= 0.3 is 0 Å². The highest BCUT2D eigenvalue weighted by molar-refractivity contribution is 5.95. The Morgan fingerprint density at radius 3 is 2.59 bits per heavy atom. The minimum Gasteiger partial charge on any atom is -0.350 e. The molecule has 2 N–H and O–H groups in total. The van der Waals surface area contributed by atoms with E-state index >= 15 is 0 Å². The number of hydrogen-bond acceptors (Lipinski definition) is 4. The van der Waals surface area contributed by atoms with Gasteiger partial charge in [-0.05, 0) is 55.8 Å². The molecule has 138 valence electrons. The first kappa shape index (κ1) is 18.5. The van der Waals surface area contributed by atoms with Crippen molar-refractivity contribution in [2.45, 2.75) is 26.3 Å². The van der Waals surface area contributed by atoms with Crippen LogP contribution in [0.25, 0.3) is 11.3 Å². The van der Waals surface area contributed by atoms with E-state index in [1.54, 1.807) is 36.4 Å². The van der Waals surface area contributed by atoms with Crippen molar-refractivity contribution in [3.63, 3.8) is 0 Å². The second-order valence-electron chi connectivity index (χ2n) is 6.30. The van der Waals surface area contributed by atoms with Gasteiger partial charge in [-0.1, -0.05) is 25.1 Å². The highest BCUT2D eigenvalue weighted by Gasteiger charge is 2.09. The van der Waals surface area contributed by atoms with Crippen LogP contribution in [0.4, 0.5) is 15.9 Å². The molecule has 0 aliphatic carbocycles. The van der Waals surface area contributed by atoms with Gasteiger partial charge in [-0.2, -0.15) is 0 Å². The van der Waals surface area contributed by atoms with Crippen LogP contribution in [-0.4, -0.2) is 22.1 Å². The van der Waals surface area contributed by atoms with Crippen LogP contribution in [0.2, 0.25) is 0 Å². The lowest BCUT2D eigenvalue weighted by Gasteiger charge is -2.12. The van der Waals surface area contributed by atoms with Gasteiger partial charge in [-0.3, -0.25) is 4.79 Å². The number of nitrogens with one attached hydrogen (secondary N) is 2. The molecule has 3 rings (SSSR count). The topological polar surface area (TPSA) is 66.9 Å². The number of nitrogens with zero attached hydrogens (tertiary/aromatic N) is 2. The minimum absolute atomic E-state index is 0.111. The molecular weight excluding hydrogens is 343 g/mol. The van der Waals surface area contributed by atoms with E-state index in [9.17, 15) is 9.18 Å². The first-order valence-corrected chi connectivity index (χ1v) is 8.83. The summed E-state index contributed by atoms with van der Waals surface area (Å²) in [4.78, 5) is 12.3. The zero-order chi connectivity index (χ0) is 19.2. The Hall–Kier alpha value is -3.28. The molecule has 5 nitrogen and oxygen atoms in total. The van der Waals surface area contributed by atoms with Crippen molar-refractivity contribution >= 4 is 17.4 Å². The quantitative estimate of drug-likeness (QED) is 0.673. The molecular formula is C21H21FN4O. The number of carbonyl (C=O) groups is 1. The molecule has 0 aliphatic rings. The van der Waals surface area contributed by atoms with Crippen molar-refractivity contribution in [2.75, 3.05) is 5.32 Å². The van der Waals surface area contributed by atoms with E-state index in [1.807, 2.05) is 26.0 Å². The molecule has 1 heterocycles. The van der Waals surface area contributed by atoms with E-state index < -0.39 is 0 Å². The standard InChI is InChI=1S/C21H21FN4O/c1-3-14(2)23-21(27)16-7-5-9-18(13-16)24-20-11-10-19(25-26-20)15-6-4-8-17(22)12-15/h4-14H,3H2,1-2H3,(H,23,27)(H,24,26). The van der Waals surface area contributed by atoms with Crippen molar-refractivity contribution in [3.05, 3.63) is 72.0 Å². The molecule has 0 aliphatic heterocycles. The van der Waals surface area contributed by atoms with Gasteiger partial charge in [0, 0.05) is 22.9 Å². The van der Waals surface area contributed by atoms with Crippen LogP contribution in [0.15, 0.2) is 60.7 Å². The van der Waals surface area contributed by atoms with Crippen LogP contribution in [0.5, 0.6) is 0 Å². The third-order valence-corrected chi connectivity index (χ3v) is 4.17. The Morgan fingerprint density at radius 1 is 1.07 bits per heavy atom. The van der Waals surface area contributed by atoms with Gasteiger partial charge in [0.15, 0.2) is 5.82 Å². The molecule has 0 fully saturated rings. The summed E-state index contributed by atoms with van der Waals surface area (Å²) < 4.78 is 13.3. The maximum atomic E-state index is 13.3. The Morgan fingerprint density at radius 2 is 1.89 bits per heavy atom. The smallest absolute Gasteiger partial charge is 0.251 e. The molecule has 2 aromatic carbocycles. The molecule has 0 saturated heterocycles. The predicted molar refractivity (Wildman–Crippen MR) is 104 cm³/mol. The maximum absolute atomic E-state index is 13.3. The van der Waals surface area contributed by atoms with E-state index in [-0.39, 0.29) is 17.8 Å². The summed E-state index contributed by atoms with van der Waals surface area (Å²) in [6.07, 6.45) is 0.872. The van der Waals surface area contributed by atoms with Gasteiger partial charge in [0.1, 0.15) is 5.82 Å². The van der Waals surface area contributed by atoms with Gasteiger partial charge in [0.05, 0.1) is 5.69 Å². The molecule has 27 heavy (non-hydrogen) atoms. The molecule has 0 radical (unpaired) electrons. The van der Waals surface area contributed by atoms with E-state index in [1.165, 1.54) is 12.1 Å². The summed E-state index contributed by atoms with van der Waals surface area (Å²) in [5, 5.41) is 14.3. The summed E-state index contributed by atoms with van der Waals surface area (Å²) >= 11 is 0. The highest BCUT2D eigenvalue weighted by Crippen LogP contribution is 2.20. The Bertz CT molecular complexity index is 927. The summed E-state index contributed by atoms with van der Waals surface area (Å²) in [7, 11) is 0. The Labute approximate surface area is 157 Å². The second kappa shape index (κ2) is 8.40. The summed E-state index contributed by atoms with van der Waals surface area (Å²) in [6.45, 7) is 3.99. The number of aromatic nitrogens is 2. The third-order valence-electron chi connectivity index (χ3n) is 4.17. The molecule has 3 aromatic rings. The van der Waals surface area contributed by atoms with E-state index in [0.717, 1.165) is 12.1 Å². The van der Waals surface area contributed by atoms with Gasteiger partial charge in [0.25, 0.3) is 5.91 Å². The number of amides is 1. The van der Waals surface area contributed by atoms with E-state index in [4.69, 9.17) is 0 Å². The number of hydrogen-bond donors (Lipinski definition) is 2. The maximum Gasteiger partial charge on any atom is 0.251 e. The zero-order valence-electron chi connectivity index (χ0n) is 15.2. The fourth-order valence-electron chi connectivity index (χ4n) is 2.50. The monoisotopic (exact) mass is 364 g/mol. The average Bonchev–Trinajstić information content (AvgIpc) is 2.68. The number of anilines is 2. The molecule has 0 spiro atoms. The zero-order valence-corrected chi connectivity index (χ0v) is 15.2. The van der Waals surface area contributed by atoms with Crippen LogP contribution in [0.3, 0.4) is 0 Å². The van der Waals surface area contributed by atoms with Crippen LogP contribution in [0, 0.1) is 5.82 Å². The molecule has 0 saturated carbocycles. The number of rotatable bonds is 6. The lowest BCUT2D eigenvalue weighted by atomic mass is 10.1.